The van der Waals surface area contributed by atoms with E-state index in [-0.39, 0.29) is 6.17 Å². The third kappa shape index (κ3) is 7.08. The predicted molar refractivity (Wildman–Crippen MR) is 112 cm³/mol. The minimum Gasteiger partial charge on any atom is -0.662 e. The maximum atomic E-state index is 5.71. The first kappa shape index (κ1) is 22.2. The molecule has 1 unspecified atom stereocenters. The number of imidazole rings is 1. The van der Waals surface area contributed by atoms with Crippen LogP contribution in [-0.2, 0) is 22.7 Å². The Morgan fingerprint density at radius 2 is 1.74 bits per heavy atom. The van der Waals surface area contributed by atoms with Crippen molar-refractivity contribution in [2.45, 2.75) is 26.6 Å². The van der Waals surface area contributed by atoms with Gasteiger partial charge in [-0.25, -0.2) is 4.98 Å². The van der Waals surface area contributed by atoms with Gasteiger partial charge in [0.2, 0.25) is 0 Å². The topological polar surface area (TPSA) is 64.0 Å². The van der Waals surface area contributed by atoms with Crippen LogP contribution in [0, 0.1) is 0 Å². The minimum atomic E-state index is -1.62. The molecule has 27 heavy (non-hydrogen) atoms. The summed E-state index contributed by atoms with van der Waals surface area (Å²) in [6.45, 7) is 4.98. The zero-order chi connectivity index (χ0) is 19.6. The van der Waals surface area contributed by atoms with Crippen molar-refractivity contribution < 1.29 is 16.1 Å². The fourth-order valence-corrected chi connectivity index (χ4v) is 2.51. The molecule has 1 aromatic heterocycles. The van der Waals surface area contributed by atoms with Crippen LogP contribution in [-0.4, -0.2) is 22.7 Å². The Morgan fingerprint density at radius 3 is 2.44 bits per heavy atom. The summed E-state index contributed by atoms with van der Waals surface area (Å²) < 4.78 is 5.71. The van der Waals surface area contributed by atoms with E-state index in [0.717, 1.165) is 28.2 Å². The monoisotopic (exact) mass is 466 g/mol. The summed E-state index contributed by atoms with van der Waals surface area (Å²) in [7, 11) is 14.8. The molecule has 0 spiro atoms. The van der Waals surface area contributed by atoms with Crippen molar-refractivity contribution in [3.8, 4) is 0 Å². The van der Waals surface area contributed by atoms with E-state index in [4.69, 9.17) is 34.9 Å². The Balaban J connectivity index is 0.000000389. The number of H-pyrrole nitrogens is 1. The van der Waals surface area contributed by atoms with E-state index in [1.165, 1.54) is 0 Å². The van der Waals surface area contributed by atoms with Gasteiger partial charge in [-0.1, -0.05) is 44.2 Å². The molecule has 0 saturated carbocycles. The van der Waals surface area contributed by atoms with Crippen LogP contribution >= 0.6 is 30.1 Å². The summed E-state index contributed by atoms with van der Waals surface area (Å²) in [5.74, 6) is 0.840. The van der Waals surface area contributed by atoms with Crippen LogP contribution < -0.4 is 5.32 Å². The zero-order valence-corrected chi connectivity index (χ0v) is 18.5. The number of benzene rings is 2. The van der Waals surface area contributed by atoms with Crippen molar-refractivity contribution in [1.29, 1.82) is 0 Å². The van der Waals surface area contributed by atoms with E-state index in [0.29, 0.717) is 13.2 Å². The second-order valence-corrected chi connectivity index (χ2v) is 11.5. The summed E-state index contributed by atoms with van der Waals surface area (Å²) in [6.07, 6.45) is -0.0215. The van der Waals surface area contributed by atoms with Crippen LogP contribution in [0.15, 0.2) is 48.5 Å². The van der Waals surface area contributed by atoms with Crippen LogP contribution in [0.25, 0.3) is 16.4 Å². The van der Waals surface area contributed by atoms with Crippen LogP contribution in [0.1, 0.15) is 19.7 Å². The number of nitrogens with one attached hydrogen (secondary N) is 2. The Bertz CT molecular complexity index is 770. The summed E-state index contributed by atoms with van der Waals surface area (Å²) in [4.78, 5) is 7.74. The minimum absolute atomic E-state index is 0.0215. The average molecular weight is 468 g/mol. The molecule has 0 aliphatic carbocycles. The van der Waals surface area contributed by atoms with Crippen molar-refractivity contribution in [3.05, 3.63) is 59.7 Å². The molecule has 4 rings (SSSR count). The van der Waals surface area contributed by atoms with Gasteiger partial charge in [0.1, 0.15) is 12.4 Å². The van der Waals surface area contributed by atoms with Gasteiger partial charge in [0.05, 0.1) is 17.6 Å². The van der Waals surface area contributed by atoms with Crippen molar-refractivity contribution in [1.82, 2.24) is 9.97 Å². The molecule has 2 N–H and O–H groups in total. The van der Waals surface area contributed by atoms with E-state index < -0.39 is 11.4 Å². The summed E-state index contributed by atoms with van der Waals surface area (Å²) >= 11 is -1.62. The van der Waals surface area contributed by atoms with Crippen molar-refractivity contribution in [2.75, 3.05) is 11.9 Å². The third-order valence-corrected chi connectivity index (χ3v) is 3.47. The zero-order valence-electron chi connectivity index (χ0n) is 15.0. The molecule has 0 fully saturated rings. The first-order valence-electron chi connectivity index (χ1n) is 8.42. The van der Waals surface area contributed by atoms with Gasteiger partial charge in [-0.15, -0.1) is 5.69 Å². The SMILES string of the molecule is CC.[Cl][Cr+]([Cl])[Cl].c1ccc2c(c1)[N-]C(COCc1nc3ccccc3[nH]1)N2. The maximum absolute atomic E-state index is 5.71. The number of hydrogen-bond acceptors (Lipinski definition) is 3. The molecule has 146 valence electrons. The number of anilines is 1. The van der Waals surface area contributed by atoms with Crippen molar-refractivity contribution >= 4 is 52.6 Å². The largest absolute Gasteiger partial charge is 0.662 e. The van der Waals surface area contributed by atoms with E-state index in [1.54, 1.807) is 0 Å². The third-order valence-electron chi connectivity index (χ3n) is 3.47. The number of halogens is 3. The van der Waals surface area contributed by atoms with Gasteiger partial charge >= 0.3 is 41.5 Å². The van der Waals surface area contributed by atoms with Crippen LogP contribution in [0.2, 0.25) is 0 Å². The Labute approximate surface area is 176 Å². The molecule has 2 heterocycles. The number of para-hydroxylation sites is 4. The molecule has 2 aromatic carbocycles. The molecule has 0 bridgehead atoms. The van der Waals surface area contributed by atoms with Gasteiger partial charge < -0.3 is 20.4 Å². The summed E-state index contributed by atoms with van der Waals surface area (Å²) in [6, 6.07) is 16.0. The van der Waals surface area contributed by atoms with Gasteiger partial charge in [-0.3, -0.25) is 0 Å². The van der Waals surface area contributed by atoms with Gasteiger partial charge in [0, 0.05) is 5.69 Å². The van der Waals surface area contributed by atoms with E-state index in [1.807, 2.05) is 62.4 Å². The number of hydrogen-bond donors (Lipinski definition) is 2. The number of aromatic amines is 1. The molecule has 0 radical (unpaired) electrons. The van der Waals surface area contributed by atoms with Gasteiger partial charge in [-0.2, -0.15) is 0 Å². The molecule has 9 heteroatoms. The Morgan fingerprint density at radius 1 is 1.07 bits per heavy atom. The van der Waals surface area contributed by atoms with E-state index >= 15 is 0 Å². The smallest absolute Gasteiger partial charge is 0.133 e. The quantitative estimate of drug-likeness (QED) is 0.453. The van der Waals surface area contributed by atoms with Crippen LogP contribution in [0.5, 0.6) is 0 Å². The van der Waals surface area contributed by atoms with E-state index in [2.05, 4.69) is 20.6 Å². The second kappa shape index (κ2) is 11.7. The number of fused-ring (bicyclic) bond motifs is 2. The average Bonchev–Trinajstić information content (AvgIpc) is 3.25. The van der Waals surface area contributed by atoms with Gasteiger partial charge in [0.15, 0.2) is 0 Å². The molecule has 0 amide bonds. The van der Waals surface area contributed by atoms with E-state index in [9.17, 15) is 0 Å². The van der Waals surface area contributed by atoms with Gasteiger partial charge in [-0.05, 0) is 24.4 Å². The normalized spacial score (nSPS) is 14.4. The first-order chi connectivity index (χ1) is 13.1. The molecule has 5 nitrogen and oxygen atoms in total. The second-order valence-electron chi connectivity index (χ2n) is 5.20. The van der Waals surface area contributed by atoms with Crippen LogP contribution in [0.3, 0.4) is 0 Å². The molecule has 0 saturated heterocycles. The number of rotatable bonds is 4. The Kier molecular flexibility index (Phi) is 9.57. The molecular weight excluding hydrogens is 447 g/mol. The fourth-order valence-electron chi connectivity index (χ4n) is 2.51. The number of nitrogens with zero attached hydrogens (tertiary/aromatic N) is 2. The number of ether oxygens (including phenoxy) is 1. The molecule has 1 aliphatic heterocycles. The maximum Gasteiger partial charge on any atom is 0.133 e. The molecular formula is C18H21Cl3CrN4O. The van der Waals surface area contributed by atoms with Crippen molar-refractivity contribution in [3.63, 3.8) is 0 Å². The molecule has 1 aliphatic rings. The fraction of sp³-hybridized carbons (Fsp3) is 0.278. The summed E-state index contributed by atoms with van der Waals surface area (Å²) in [5, 5.41) is 7.88. The van der Waals surface area contributed by atoms with Crippen LogP contribution in [0.4, 0.5) is 11.4 Å². The van der Waals surface area contributed by atoms with Crippen molar-refractivity contribution in [2.24, 2.45) is 0 Å². The molecule has 1 atom stereocenters. The predicted octanol–water partition coefficient (Wildman–Crippen LogP) is 6.63. The van der Waals surface area contributed by atoms with Gasteiger partial charge in [0.25, 0.3) is 0 Å². The first-order valence-corrected chi connectivity index (χ1v) is 13.7. The number of aromatic nitrogens is 2. The molecule has 3 aromatic rings. The Hall–Kier alpha value is -1.13. The summed E-state index contributed by atoms with van der Waals surface area (Å²) in [5.41, 5.74) is 4.06. The standard InChI is InChI=1S/C16H15N4O.C2H6.3ClH.Cr/c1-2-6-12-11(5-1)17-15(18-12)9-21-10-16-19-13-7-3-4-8-14(13)20-16;1-2;;;;/h1-8,15,17H,9-10H2,(H,19,20);1-2H3;3*1H;/q-1;;;;;+4/p-3.